The molecule has 1 aliphatic rings. The first-order chi connectivity index (χ1) is 7.09. The molecule has 1 fully saturated rings. The maximum atomic E-state index is 11.5. The second kappa shape index (κ2) is 3.38. The Labute approximate surface area is 87.7 Å². The Bertz CT molecular complexity index is 424. The smallest absolute Gasteiger partial charge is 0.234 e. The summed E-state index contributed by atoms with van der Waals surface area (Å²) in [4.78, 5) is 24.2. The van der Waals surface area contributed by atoms with E-state index < -0.39 is 0 Å². The number of nitrogens with two attached hydrogens (primary N) is 1. The summed E-state index contributed by atoms with van der Waals surface area (Å²) in [6, 6.07) is 5.32. The molecule has 2 rings (SSSR count). The molecule has 1 heterocycles. The Morgan fingerprint density at radius 1 is 1.20 bits per heavy atom. The van der Waals surface area contributed by atoms with Crippen LogP contribution in [0.1, 0.15) is 18.4 Å². The number of anilines is 2. The van der Waals surface area contributed by atoms with E-state index >= 15 is 0 Å². The second-order valence-corrected chi connectivity index (χ2v) is 3.69. The fourth-order valence-electron chi connectivity index (χ4n) is 1.69. The Morgan fingerprint density at radius 2 is 1.80 bits per heavy atom. The first-order valence-corrected chi connectivity index (χ1v) is 4.81. The van der Waals surface area contributed by atoms with Crippen LogP contribution in [0.2, 0.25) is 0 Å². The van der Waals surface area contributed by atoms with Crippen LogP contribution in [0, 0.1) is 6.92 Å². The third-order valence-electron chi connectivity index (χ3n) is 2.48. The predicted molar refractivity (Wildman–Crippen MR) is 57.3 cm³/mol. The summed E-state index contributed by atoms with van der Waals surface area (Å²) in [7, 11) is 0. The van der Waals surface area contributed by atoms with E-state index in [-0.39, 0.29) is 24.7 Å². The lowest BCUT2D eigenvalue weighted by atomic mass is 10.2. The number of imide groups is 1. The van der Waals surface area contributed by atoms with Gasteiger partial charge in [0.05, 0.1) is 11.4 Å². The van der Waals surface area contributed by atoms with Crippen LogP contribution in [0.3, 0.4) is 0 Å². The molecule has 78 valence electrons. The Morgan fingerprint density at radius 3 is 2.40 bits per heavy atom. The molecule has 0 radical (unpaired) electrons. The van der Waals surface area contributed by atoms with Gasteiger partial charge in [0.1, 0.15) is 0 Å². The van der Waals surface area contributed by atoms with Gasteiger partial charge in [0.25, 0.3) is 0 Å². The van der Waals surface area contributed by atoms with Gasteiger partial charge in [0.15, 0.2) is 0 Å². The first-order valence-electron chi connectivity index (χ1n) is 4.81. The van der Waals surface area contributed by atoms with Crippen LogP contribution >= 0.6 is 0 Å². The van der Waals surface area contributed by atoms with Gasteiger partial charge >= 0.3 is 0 Å². The second-order valence-electron chi connectivity index (χ2n) is 3.69. The van der Waals surface area contributed by atoms with E-state index in [2.05, 4.69) is 0 Å². The summed E-state index contributed by atoms with van der Waals surface area (Å²) in [6.07, 6.45) is 0.568. The van der Waals surface area contributed by atoms with Crippen LogP contribution < -0.4 is 10.6 Å². The van der Waals surface area contributed by atoms with Crippen molar-refractivity contribution >= 4 is 23.2 Å². The highest BCUT2D eigenvalue weighted by Gasteiger charge is 2.31. The van der Waals surface area contributed by atoms with Crippen molar-refractivity contribution in [2.75, 3.05) is 10.6 Å². The molecule has 0 aliphatic carbocycles. The molecule has 0 spiro atoms. The number of hydrogen-bond acceptors (Lipinski definition) is 3. The average molecular weight is 204 g/mol. The van der Waals surface area contributed by atoms with Crippen LogP contribution in [0.5, 0.6) is 0 Å². The maximum absolute atomic E-state index is 11.5. The lowest BCUT2D eigenvalue weighted by Gasteiger charge is -2.16. The van der Waals surface area contributed by atoms with Gasteiger partial charge in [-0.3, -0.25) is 9.59 Å². The quantitative estimate of drug-likeness (QED) is 0.552. The van der Waals surface area contributed by atoms with Crippen molar-refractivity contribution in [3.05, 3.63) is 23.8 Å². The normalized spacial score (nSPS) is 16.2. The van der Waals surface area contributed by atoms with Crippen molar-refractivity contribution in [2.45, 2.75) is 19.8 Å². The number of nitrogens with zero attached hydrogens (tertiary/aromatic N) is 1. The highest BCUT2D eigenvalue weighted by molar-refractivity contribution is 6.21. The summed E-state index contributed by atoms with van der Waals surface area (Å²) >= 11 is 0. The van der Waals surface area contributed by atoms with Gasteiger partial charge in [0, 0.05) is 12.8 Å². The minimum absolute atomic E-state index is 0.169. The molecule has 4 heteroatoms. The van der Waals surface area contributed by atoms with Gasteiger partial charge in [-0.1, -0.05) is 6.07 Å². The predicted octanol–water partition coefficient (Wildman–Crippen LogP) is 1.23. The number of aryl methyl sites for hydroxylation is 1. The molecule has 0 bridgehead atoms. The van der Waals surface area contributed by atoms with Crippen molar-refractivity contribution < 1.29 is 9.59 Å². The summed E-state index contributed by atoms with van der Waals surface area (Å²) in [6.45, 7) is 1.90. The topological polar surface area (TPSA) is 63.4 Å². The monoisotopic (exact) mass is 204 g/mol. The zero-order valence-corrected chi connectivity index (χ0v) is 8.49. The zero-order valence-electron chi connectivity index (χ0n) is 8.49. The number of nitrogen functional groups attached to an aromatic ring is 1. The highest BCUT2D eigenvalue weighted by atomic mass is 16.2. The number of rotatable bonds is 1. The first kappa shape index (κ1) is 9.71. The maximum Gasteiger partial charge on any atom is 0.234 e. The molecule has 2 N–H and O–H groups in total. The third-order valence-corrected chi connectivity index (χ3v) is 2.48. The van der Waals surface area contributed by atoms with Crippen LogP contribution in [-0.2, 0) is 9.59 Å². The zero-order chi connectivity index (χ0) is 11.0. The van der Waals surface area contributed by atoms with E-state index in [0.29, 0.717) is 11.4 Å². The Kier molecular flexibility index (Phi) is 2.19. The number of hydrogen-bond donors (Lipinski definition) is 1. The molecule has 15 heavy (non-hydrogen) atoms. The Hall–Kier alpha value is -1.84. The van der Waals surface area contributed by atoms with Gasteiger partial charge < -0.3 is 5.73 Å². The molecule has 0 unspecified atom stereocenters. The van der Waals surface area contributed by atoms with Gasteiger partial charge in [-0.15, -0.1) is 0 Å². The van der Waals surface area contributed by atoms with E-state index in [4.69, 9.17) is 5.73 Å². The fraction of sp³-hybridized carbons (Fsp3) is 0.273. The van der Waals surface area contributed by atoms with E-state index in [9.17, 15) is 9.59 Å². The van der Waals surface area contributed by atoms with Crippen molar-refractivity contribution in [3.63, 3.8) is 0 Å². The lowest BCUT2D eigenvalue weighted by Crippen LogP contribution is -2.29. The van der Waals surface area contributed by atoms with Crippen molar-refractivity contribution in [1.29, 1.82) is 0 Å². The van der Waals surface area contributed by atoms with Crippen LogP contribution in [0.15, 0.2) is 18.2 Å². The lowest BCUT2D eigenvalue weighted by molar-refractivity contribution is -0.121. The van der Waals surface area contributed by atoms with Gasteiger partial charge in [-0.05, 0) is 24.6 Å². The van der Waals surface area contributed by atoms with E-state index in [1.807, 2.05) is 13.0 Å². The summed E-state index contributed by atoms with van der Waals surface area (Å²) < 4.78 is 0. The van der Waals surface area contributed by atoms with Gasteiger partial charge in [-0.2, -0.15) is 0 Å². The molecular formula is C11H12N2O2. The van der Waals surface area contributed by atoms with E-state index in [0.717, 1.165) is 5.56 Å². The van der Waals surface area contributed by atoms with Gasteiger partial charge in [-0.25, -0.2) is 4.90 Å². The molecule has 1 aromatic carbocycles. The van der Waals surface area contributed by atoms with Crippen LogP contribution in [-0.4, -0.2) is 11.8 Å². The standard InChI is InChI=1S/C11H12N2O2/c1-7-2-3-8(12)9(6-7)13-10(14)4-5-11(13)15/h2-3,6H,4-5,12H2,1H3. The van der Waals surface area contributed by atoms with Crippen molar-refractivity contribution in [1.82, 2.24) is 0 Å². The number of amides is 2. The van der Waals surface area contributed by atoms with E-state index in [1.165, 1.54) is 4.90 Å². The number of carbonyl (C=O) groups is 2. The molecular weight excluding hydrogens is 192 g/mol. The minimum Gasteiger partial charge on any atom is -0.397 e. The molecule has 0 aromatic heterocycles. The molecule has 0 atom stereocenters. The molecule has 1 saturated heterocycles. The summed E-state index contributed by atoms with van der Waals surface area (Å²) in [5, 5.41) is 0. The largest absolute Gasteiger partial charge is 0.397 e. The molecule has 1 aromatic rings. The SMILES string of the molecule is Cc1ccc(N)c(N2C(=O)CCC2=O)c1. The van der Waals surface area contributed by atoms with Crippen molar-refractivity contribution in [3.8, 4) is 0 Å². The van der Waals surface area contributed by atoms with E-state index in [1.54, 1.807) is 12.1 Å². The molecule has 2 amide bonds. The van der Waals surface area contributed by atoms with Crippen LogP contribution in [0.4, 0.5) is 11.4 Å². The van der Waals surface area contributed by atoms with Gasteiger partial charge in [0.2, 0.25) is 11.8 Å². The number of carbonyl (C=O) groups excluding carboxylic acids is 2. The summed E-state index contributed by atoms with van der Waals surface area (Å²) in [5.41, 5.74) is 7.70. The molecule has 0 saturated carbocycles. The van der Waals surface area contributed by atoms with Crippen LogP contribution in [0.25, 0.3) is 0 Å². The summed E-state index contributed by atoms with van der Waals surface area (Å²) in [5.74, 6) is -0.338. The highest BCUT2D eigenvalue weighted by Crippen LogP contribution is 2.28. The van der Waals surface area contributed by atoms with Crippen molar-refractivity contribution in [2.24, 2.45) is 0 Å². The fourth-order valence-corrected chi connectivity index (χ4v) is 1.69. The number of benzene rings is 1. The molecule has 4 nitrogen and oxygen atoms in total. The Balaban J connectivity index is 2.48. The third kappa shape index (κ3) is 1.58. The minimum atomic E-state index is -0.169. The average Bonchev–Trinajstić information content (AvgIpc) is 2.51. The molecule has 1 aliphatic heterocycles.